The van der Waals surface area contributed by atoms with Gasteiger partial charge in [-0.15, -0.1) is 0 Å². The molecule has 2 rings (SSSR count). The van der Waals surface area contributed by atoms with Gasteiger partial charge in [0.05, 0.1) is 0 Å². The van der Waals surface area contributed by atoms with Gasteiger partial charge >= 0.3 is 0 Å². The van der Waals surface area contributed by atoms with Crippen LogP contribution in [-0.4, -0.2) is 25.2 Å². The van der Waals surface area contributed by atoms with Gasteiger partial charge in [-0.05, 0) is 24.6 Å². The Balaban J connectivity index is 2.27. The van der Waals surface area contributed by atoms with Gasteiger partial charge in [0.2, 0.25) is 0 Å². The summed E-state index contributed by atoms with van der Waals surface area (Å²) in [5.74, 6) is 0.804. The number of nitrogens with two attached hydrogens (primary N) is 1. The van der Waals surface area contributed by atoms with Crippen molar-refractivity contribution in [1.29, 1.82) is 0 Å². The van der Waals surface area contributed by atoms with Crippen LogP contribution in [0.25, 0.3) is 10.8 Å². The third kappa shape index (κ3) is 2.83. The number of fused-ring (bicyclic) bond motifs is 1. The molecule has 0 atom stereocenters. The van der Waals surface area contributed by atoms with Crippen LogP contribution in [0.15, 0.2) is 24.4 Å². The molecule has 0 unspecified atom stereocenters. The molecule has 0 saturated carbocycles. The third-order valence-corrected chi connectivity index (χ3v) is 2.91. The lowest BCUT2D eigenvalue weighted by atomic mass is 10.1. The monoisotopic (exact) mass is 265 g/mol. The zero-order valence-corrected chi connectivity index (χ0v) is 11.0. The third-order valence-electron chi connectivity index (χ3n) is 2.69. The summed E-state index contributed by atoms with van der Waals surface area (Å²) in [5, 5.41) is 5.80. The van der Waals surface area contributed by atoms with E-state index in [1.54, 1.807) is 19.4 Å². The van der Waals surface area contributed by atoms with Crippen molar-refractivity contribution < 1.29 is 4.74 Å². The summed E-state index contributed by atoms with van der Waals surface area (Å²) < 4.78 is 5.00. The Kier molecular flexibility index (Phi) is 4.23. The molecule has 2 aromatic rings. The minimum absolute atomic E-state index is 0.618. The minimum atomic E-state index is 0.618. The Hall–Kier alpha value is -1.52. The number of hydrogen-bond acceptors (Lipinski definition) is 4. The highest BCUT2D eigenvalue weighted by atomic mass is 35.5. The molecule has 4 nitrogen and oxygen atoms in total. The summed E-state index contributed by atoms with van der Waals surface area (Å²) in [6, 6.07) is 5.51. The van der Waals surface area contributed by atoms with Crippen molar-refractivity contribution in [2.75, 3.05) is 31.3 Å². The fourth-order valence-corrected chi connectivity index (χ4v) is 2.07. The second kappa shape index (κ2) is 5.89. The van der Waals surface area contributed by atoms with Gasteiger partial charge in [0.1, 0.15) is 5.82 Å². The molecule has 0 amide bonds. The summed E-state index contributed by atoms with van der Waals surface area (Å²) >= 11 is 6.02. The van der Waals surface area contributed by atoms with Crippen molar-refractivity contribution >= 4 is 33.9 Å². The maximum atomic E-state index is 6.02. The molecule has 0 radical (unpaired) electrons. The quantitative estimate of drug-likeness (QED) is 0.645. The molecule has 0 bridgehead atoms. The number of nitrogens with one attached hydrogen (secondary N) is 1. The summed E-state index contributed by atoms with van der Waals surface area (Å²) in [4.78, 5) is 4.32. The summed E-state index contributed by atoms with van der Waals surface area (Å²) in [5.41, 5.74) is 6.61. The number of rotatable bonds is 5. The maximum Gasteiger partial charge on any atom is 0.133 e. The lowest BCUT2D eigenvalue weighted by molar-refractivity contribution is 0.198. The fraction of sp³-hybridized carbons (Fsp3) is 0.308. The van der Waals surface area contributed by atoms with Crippen molar-refractivity contribution in [3.63, 3.8) is 0 Å². The molecule has 0 fully saturated rings. The number of anilines is 2. The van der Waals surface area contributed by atoms with Crippen molar-refractivity contribution in [3.05, 3.63) is 29.4 Å². The SMILES string of the molecule is COCCCNc1nccc2c(N)cc(Cl)cc12. The van der Waals surface area contributed by atoms with Crippen LogP contribution in [0.1, 0.15) is 6.42 Å². The number of hydrogen-bond donors (Lipinski definition) is 2. The molecule has 5 heteroatoms. The van der Waals surface area contributed by atoms with E-state index in [1.807, 2.05) is 12.1 Å². The number of methoxy groups -OCH3 is 1. The topological polar surface area (TPSA) is 60.2 Å². The Morgan fingerprint density at radius 2 is 2.22 bits per heavy atom. The lowest BCUT2D eigenvalue weighted by Gasteiger charge is -2.10. The highest BCUT2D eigenvalue weighted by Gasteiger charge is 2.06. The van der Waals surface area contributed by atoms with Crippen LogP contribution >= 0.6 is 11.6 Å². The number of halogens is 1. The fourth-order valence-electron chi connectivity index (χ4n) is 1.84. The number of aromatic nitrogens is 1. The Bertz CT molecular complexity index is 545. The molecular weight excluding hydrogens is 250 g/mol. The van der Waals surface area contributed by atoms with Crippen molar-refractivity contribution in [1.82, 2.24) is 4.98 Å². The van der Waals surface area contributed by atoms with E-state index in [0.717, 1.165) is 36.2 Å². The standard InChI is InChI=1S/C13H16ClN3O/c1-18-6-2-4-16-13-11-7-9(14)8-12(15)10(11)3-5-17-13/h3,5,7-8H,2,4,6,15H2,1H3,(H,16,17). The maximum absolute atomic E-state index is 6.02. The van der Waals surface area contributed by atoms with Crippen molar-refractivity contribution in [3.8, 4) is 0 Å². The largest absolute Gasteiger partial charge is 0.398 e. The van der Waals surface area contributed by atoms with Crippen LogP contribution in [0.4, 0.5) is 11.5 Å². The minimum Gasteiger partial charge on any atom is -0.398 e. The lowest BCUT2D eigenvalue weighted by Crippen LogP contribution is -2.06. The molecule has 1 heterocycles. The van der Waals surface area contributed by atoms with Gasteiger partial charge in [0, 0.05) is 47.9 Å². The first-order valence-corrected chi connectivity index (χ1v) is 6.16. The first-order chi connectivity index (χ1) is 8.72. The molecular formula is C13H16ClN3O. The Labute approximate surface area is 111 Å². The highest BCUT2D eigenvalue weighted by Crippen LogP contribution is 2.29. The Morgan fingerprint density at radius 3 is 3.00 bits per heavy atom. The zero-order chi connectivity index (χ0) is 13.0. The number of benzene rings is 1. The van der Waals surface area contributed by atoms with Crippen LogP contribution in [-0.2, 0) is 4.74 Å². The normalized spacial score (nSPS) is 10.8. The van der Waals surface area contributed by atoms with Crippen molar-refractivity contribution in [2.24, 2.45) is 0 Å². The van der Waals surface area contributed by atoms with Gasteiger partial charge < -0.3 is 15.8 Å². The van der Waals surface area contributed by atoms with Gasteiger partial charge in [-0.25, -0.2) is 4.98 Å². The molecule has 1 aromatic carbocycles. The smallest absolute Gasteiger partial charge is 0.133 e. The van der Waals surface area contributed by atoms with Gasteiger partial charge in [0.15, 0.2) is 0 Å². The van der Waals surface area contributed by atoms with Crippen LogP contribution in [0.3, 0.4) is 0 Å². The predicted octanol–water partition coefficient (Wildman–Crippen LogP) is 2.92. The number of nitrogen functional groups attached to an aromatic ring is 1. The van der Waals surface area contributed by atoms with E-state index in [-0.39, 0.29) is 0 Å². The van der Waals surface area contributed by atoms with Crippen LogP contribution in [0.2, 0.25) is 5.02 Å². The molecule has 0 aliphatic carbocycles. The number of pyridine rings is 1. The number of ether oxygens (including phenoxy) is 1. The van der Waals surface area contributed by atoms with Crippen molar-refractivity contribution in [2.45, 2.75) is 6.42 Å². The van der Waals surface area contributed by atoms with E-state index >= 15 is 0 Å². The molecule has 96 valence electrons. The summed E-state index contributed by atoms with van der Waals surface area (Å²) in [7, 11) is 1.69. The van der Waals surface area contributed by atoms with Gasteiger partial charge in [0.25, 0.3) is 0 Å². The van der Waals surface area contributed by atoms with E-state index < -0.39 is 0 Å². The number of nitrogens with zero attached hydrogens (tertiary/aromatic N) is 1. The van der Waals surface area contributed by atoms with Crippen LogP contribution in [0.5, 0.6) is 0 Å². The van der Waals surface area contributed by atoms with Crippen LogP contribution in [0, 0.1) is 0 Å². The van der Waals surface area contributed by atoms with E-state index in [0.29, 0.717) is 10.7 Å². The van der Waals surface area contributed by atoms with Gasteiger partial charge in [-0.3, -0.25) is 0 Å². The molecule has 1 aromatic heterocycles. The van der Waals surface area contributed by atoms with Gasteiger partial charge in [-0.1, -0.05) is 11.6 Å². The first kappa shape index (κ1) is 12.9. The van der Waals surface area contributed by atoms with E-state index in [1.165, 1.54) is 0 Å². The molecule has 3 N–H and O–H groups in total. The summed E-state index contributed by atoms with van der Waals surface area (Å²) in [6.45, 7) is 1.52. The van der Waals surface area contributed by atoms with E-state index in [9.17, 15) is 0 Å². The summed E-state index contributed by atoms with van der Waals surface area (Å²) in [6.07, 6.45) is 2.66. The molecule has 0 aliphatic rings. The van der Waals surface area contributed by atoms with E-state index in [2.05, 4.69) is 10.3 Å². The average Bonchev–Trinajstić information content (AvgIpc) is 2.35. The molecule has 18 heavy (non-hydrogen) atoms. The second-order valence-electron chi connectivity index (χ2n) is 4.02. The zero-order valence-electron chi connectivity index (χ0n) is 10.2. The van der Waals surface area contributed by atoms with Crippen LogP contribution < -0.4 is 11.1 Å². The average molecular weight is 266 g/mol. The molecule has 0 aliphatic heterocycles. The molecule has 0 spiro atoms. The Morgan fingerprint density at radius 1 is 1.39 bits per heavy atom. The molecule has 0 saturated heterocycles. The first-order valence-electron chi connectivity index (χ1n) is 5.79. The van der Waals surface area contributed by atoms with Gasteiger partial charge in [-0.2, -0.15) is 0 Å². The van der Waals surface area contributed by atoms with E-state index in [4.69, 9.17) is 22.1 Å². The highest BCUT2D eigenvalue weighted by molar-refractivity contribution is 6.32. The second-order valence-corrected chi connectivity index (χ2v) is 4.46. The predicted molar refractivity (Wildman–Crippen MR) is 76.1 cm³/mol.